The van der Waals surface area contributed by atoms with Gasteiger partial charge in [-0.3, -0.25) is 0 Å². The number of hydrogen-bond donors (Lipinski definition) is 0. The molecule has 0 aromatic rings. The maximum Gasteiger partial charge on any atom is 0.226 e. The zero-order valence-corrected chi connectivity index (χ0v) is 8.83. The zero-order valence-electron chi connectivity index (χ0n) is 4.29. The number of nitrogens with zero attached hydrogens (tertiary/aromatic N) is 1. The predicted octanol–water partition coefficient (Wildman–Crippen LogP) is 3.76. The van der Waals surface area contributed by atoms with Crippen molar-refractivity contribution in [3.05, 3.63) is 0 Å². The molecule has 0 rings (SSSR count). The Bertz CT molecular complexity index is 132. The van der Waals surface area contributed by atoms with Crippen molar-refractivity contribution in [1.29, 1.82) is 0 Å². The summed E-state index contributed by atoms with van der Waals surface area (Å²) in [6, 6.07) is 0. The highest BCUT2D eigenvalue weighted by atomic mass is 35.6. The molecule has 0 bridgehead atoms. The van der Waals surface area contributed by atoms with Crippen molar-refractivity contribution in [1.82, 2.24) is 0 Å². The van der Waals surface area contributed by atoms with Crippen molar-refractivity contribution < 1.29 is 0 Å². The Morgan fingerprint density at radius 2 is 1.60 bits per heavy atom. The van der Waals surface area contributed by atoms with E-state index in [1.807, 2.05) is 0 Å². The van der Waals surface area contributed by atoms with Gasteiger partial charge in [-0.05, 0) is 23.2 Å². The standard InChI is InChI=1S/C3HCl6N/c4-1(3(7,8)9)10-2(5)6/h1H. The van der Waals surface area contributed by atoms with Crippen LogP contribution in [0.1, 0.15) is 0 Å². The fourth-order valence-corrected chi connectivity index (χ4v) is 0.698. The Hall–Kier alpha value is 1.41. The van der Waals surface area contributed by atoms with Gasteiger partial charge in [-0.15, -0.1) is 0 Å². The molecule has 0 aliphatic heterocycles. The lowest BCUT2D eigenvalue weighted by Gasteiger charge is -2.12. The van der Waals surface area contributed by atoms with Crippen molar-refractivity contribution in [2.24, 2.45) is 4.99 Å². The minimum absolute atomic E-state index is 0.272. The van der Waals surface area contributed by atoms with Gasteiger partial charge >= 0.3 is 0 Å². The first-order chi connectivity index (χ1) is 4.34. The van der Waals surface area contributed by atoms with Crippen LogP contribution < -0.4 is 0 Å². The monoisotopic (exact) mass is 261 g/mol. The highest BCUT2D eigenvalue weighted by Crippen LogP contribution is 2.34. The molecule has 60 valence electrons. The van der Waals surface area contributed by atoms with E-state index in [0.29, 0.717) is 0 Å². The highest BCUT2D eigenvalue weighted by molar-refractivity contribution is 6.95. The van der Waals surface area contributed by atoms with E-state index in [2.05, 4.69) is 4.99 Å². The van der Waals surface area contributed by atoms with Crippen LogP contribution >= 0.6 is 69.6 Å². The third-order valence-electron chi connectivity index (χ3n) is 0.481. The van der Waals surface area contributed by atoms with Crippen LogP contribution in [0.2, 0.25) is 0 Å². The average molecular weight is 264 g/mol. The Morgan fingerprint density at radius 3 is 1.70 bits per heavy atom. The van der Waals surface area contributed by atoms with E-state index in [-0.39, 0.29) is 4.63 Å². The minimum atomic E-state index is -1.68. The van der Waals surface area contributed by atoms with Crippen molar-refractivity contribution in [3.63, 3.8) is 0 Å². The van der Waals surface area contributed by atoms with Crippen molar-refractivity contribution >= 4 is 74.2 Å². The van der Waals surface area contributed by atoms with Crippen molar-refractivity contribution in [3.8, 4) is 0 Å². The van der Waals surface area contributed by atoms with Gasteiger partial charge < -0.3 is 0 Å². The second kappa shape index (κ2) is 4.44. The fourth-order valence-electron chi connectivity index (χ4n) is 0.159. The molecule has 0 saturated carbocycles. The normalized spacial score (nSPS) is 14.6. The quantitative estimate of drug-likeness (QED) is 0.388. The molecule has 0 spiro atoms. The van der Waals surface area contributed by atoms with E-state index in [9.17, 15) is 0 Å². The number of rotatable bonds is 1. The lowest BCUT2D eigenvalue weighted by atomic mass is 10.7. The largest absolute Gasteiger partial charge is 0.238 e. The summed E-state index contributed by atoms with van der Waals surface area (Å²) in [6.07, 6.45) is 0. The first-order valence-corrected chi connectivity index (χ1v) is 4.26. The van der Waals surface area contributed by atoms with Gasteiger partial charge in [-0.25, -0.2) is 4.99 Å². The van der Waals surface area contributed by atoms with Crippen LogP contribution in [0, 0.1) is 0 Å². The van der Waals surface area contributed by atoms with E-state index < -0.39 is 9.29 Å². The van der Waals surface area contributed by atoms with E-state index in [0.717, 1.165) is 0 Å². The summed E-state index contributed by atoms with van der Waals surface area (Å²) in [4.78, 5) is 3.37. The van der Waals surface area contributed by atoms with Gasteiger partial charge in [0.05, 0.1) is 0 Å². The van der Waals surface area contributed by atoms with Crippen LogP contribution in [-0.4, -0.2) is 13.9 Å². The van der Waals surface area contributed by atoms with Gasteiger partial charge in [-0.1, -0.05) is 46.4 Å². The Balaban J connectivity index is 4.11. The van der Waals surface area contributed by atoms with Crippen LogP contribution in [0.25, 0.3) is 0 Å². The molecule has 10 heavy (non-hydrogen) atoms. The molecule has 0 aliphatic rings. The molecule has 0 radical (unpaired) electrons. The Labute approximate surface area is 88.2 Å². The topological polar surface area (TPSA) is 12.4 Å². The van der Waals surface area contributed by atoms with Gasteiger partial charge in [0.1, 0.15) is 0 Å². The van der Waals surface area contributed by atoms with E-state index in [4.69, 9.17) is 69.6 Å². The molecule has 0 aromatic carbocycles. The molecule has 1 atom stereocenters. The molecular weight excluding hydrogens is 263 g/mol. The summed E-state index contributed by atoms with van der Waals surface area (Å²) < 4.78 is -1.96. The number of alkyl halides is 4. The molecule has 1 nitrogen and oxygen atoms in total. The molecule has 0 heterocycles. The maximum absolute atomic E-state index is 5.40. The summed E-state index contributed by atoms with van der Waals surface area (Å²) >= 11 is 31.6. The Kier molecular flexibility index (Phi) is 5.07. The first kappa shape index (κ1) is 11.4. The molecule has 0 N–H and O–H groups in total. The molecule has 0 fully saturated rings. The summed E-state index contributed by atoms with van der Waals surface area (Å²) in [5.41, 5.74) is -1.07. The van der Waals surface area contributed by atoms with E-state index >= 15 is 0 Å². The molecule has 0 aliphatic carbocycles. The van der Waals surface area contributed by atoms with Crippen LogP contribution in [0.5, 0.6) is 0 Å². The lowest BCUT2D eigenvalue weighted by molar-refractivity contribution is 0.941. The molecule has 0 aromatic heterocycles. The SMILES string of the molecule is ClC(Cl)=NC(Cl)C(Cl)(Cl)Cl. The van der Waals surface area contributed by atoms with Gasteiger partial charge in [0, 0.05) is 0 Å². The maximum atomic E-state index is 5.40. The predicted molar refractivity (Wildman–Crippen MR) is 49.1 cm³/mol. The van der Waals surface area contributed by atoms with Crippen LogP contribution in [0.3, 0.4) is 0 Å². The van der Waals surface area contributed by atoms with E-state index in [1.54, 1.807) is 0 Å². The minimum Gasteiger partial charge on any atom is -0.238 e. The van der Waals surface area contributed by atoms with Gasteiger partial charge in [-0.2, -0.15) is 0 Å². The lowest BCUT2D eigenvalue weighted by Crippen LogP contribution is -2.17. The molecule has 0 amide bonds. The van der Waals surface area contributed by atoms with Gasteiger partial charge in [0.25, 0.3) is 0 Å². The fraction of sp³-hybridized carbons (Fsp3) is 0.667. The third kappa shape index (κ3) is 5.11. The van der Waals surface area contributed by atoms with Gasteiger partial charge in [0.2, 0.25) is 3.79 Å². The summed E-state index contributed by atoms with van der Waals surface area (Å²) in [6.45, 7) is 0. The number of hydrogen-bond acceptors (Lipinski definition) is 1. The number of halogens is 6. The van der Waals surface area contributed by atoms with Crippen molar-refractivity contribution in [2.45, 2.75) is 9.29 Å². The summed E-state index contributed by atoms with van der Waals surface area (Å²) in [7, 11) is 0. The van der Waals surface area contributed by atoms with Crippen molar-refractivity contribution in [2.75, 3.05) is 0 Å². The molecule has 0 saturated heterocycles. The second-order valence-electron chi connectivity index (χ2n) is 1.25. The Morgan fingerprint density at radius 1 is 1.20 bits per heavy atom. The second-order valence-corrected chi connectivity index (χ2v) is 4.94. The summed E-state index contributed by atoms with van der Waals surface area (Å²) in [5.74, 6) is 0. The first-order valence-electron chi connectivity index (χ1n) is 1.93. The van der Waals surface area contributed by atoms with Crippen LogP contribution in [-0.2, 0) is 0 Å². The zero-order chi connectivity index (χ0) is 8.36. The van der Waals surface area contributed by atoms with E-state index in [1.165, 1.54) is 0 Å². The van der Waals surface area contributed by atoms with Crippen LogP contribution in [0.15, 0.2) is 4.99 Å². The van der Waals surface area contributed by atoms with Crippen LogP contribution in [0.4, 0.5) is 0 Å². The molecular formula is C3HCl6N. The third-order valence-corrected chi connectivity index (χ3v) is 2.06. The average Bonchev–Trinajstić information content (AvgIpc) is 1.60. The molecule has 1 unspecified atom stereocenters. The highest BCUT2D eigenvalue weighted by Gasteiger charge is 2.30. The number of aliphatic imine (C=N–C) groups is 1. The summed E-state index contributed by atoms with van der Waals surface area (Å²) in [5, 5.41) is 0. The smallest absolute Gasteiger partial charge is 0.226 e. The molecule has 7 heteroatoms. The van der Waals surface area contributed by atoms with Gasteiger partial charge in [0.15, 0.2) is 10.1 Å².